The average Bonchev–Trinajstić information content (AvgIpc) is 3.95. The van der Waals surface area contributed by atoms with E-state index in [0.29, 0.717) is 59.6 Å². The van der Waals surface area contributed by atoms with Crippen molar-refractivity contribution < 1.29 is 57.6 Å². The smallest absolute Gasteiger partial charge is 0.343 e. The number of likely N-dealkylation sites (N-methyl/N-ethyl adjacent to an activating group) is 1. The average molecular weight is 1070 g/mol. The number of amides is 6. The maximum atomic E-state index is 15.5. The number of aromatic nitrogens is 2. The molecule has 8 rings (SSSR count). The third kappa shape index (κ3) is 11.7. The van der Waals surface area contributed by atoms with Gasteiger partial charge in [-0.2, -0.15) is 0 Å². The number of aliphatic hydroxyl groups excluding tert-OH is 1. The van der Waals surface area contributed by atoms with Crippen LogP contribution in [0.25, 0.3) is 22.3 Å². The Balaban J connectivity index is 0.818. The standard InChI is InChI=1S/C53H60FN9O12S/c1-4-53(73)34-20-39-49-32(25-63(39)51(71)33(34)26-75-52(53)72)48-38(15-14-31-29(2)35(54)21-36(60-49)47(31)48)61(3)46(76)27-74-28-58-42(66)23-57-50(70)37(19-30-11-7-5-8-12-30)59-43(67)24-56-41(65)22-55-40(64)13-9-6-10-18-62-44(68)16-17-45(62)69/h5,7-8,11-12,16-17,20-21,37-38,50,57,70,73H,4,6,9-10,13-15,18-19,22-28H2,1-3H3,(H,55,64)(H,56,65)(H,58,66)(H,59,67)/t37-,38-,50?,53-/m0/s1. The van der Waals surface area contributed by atoms with Crippen molar-refractivity contribution in [3.63, 3.8) is 0 Å². The summed E-state index contributed by atoms with van der Waals surface area (Å²) in [7, 11) is 1.81. The lowest BCUT2D eigenvalue weighted by atomic mass is 9.81. The van der Waals surface area contributed by atoms with Crippen molar-refractivity contribution in [1.82, 2.24) is 45.9 Å². The van der Waals surface area contributed by atoms with Gasteiger partial charge in [0.2, 0.25) is 23.6 Å². The number of carbonyl (C=O) groups is 7. The van der Waals surface area contributed by atoms with E-state index in [2.05, 4.69) is 26.6 Å². The van der Waals surface area contributed by atoms with Crippen LogP contribution in [0, 0.1) is 12.7 Å². The normalized spacial score (nSPS) is 17.8. The highest BCUT2D eigenvalue weighted by Gasteiger charge is 2.46. The van der Waals surface area contributed by atoms with Gasteiger partial charge in [-0.25, -0.2) is 14.2 Å². The number of aliphatic hydroxyl groups is 2. The summed E-state index contributed by atoms with van der Waals surface area (Å²) in [6.45, 7) is 1.91. The number of halogens is 1. The fourth-order valence-electron chi connectivity index (χ4n) is 10.1. The molecule has 4 atom stereocenters. The first-order chi connectivity index (χ1) is 36.4. The Labute approximate surface area is 441 Å². The molecule has 4 aliphatic rings. The molecule has 1 aliphatic carbocycles. The van der Waals surface area contributed by atoms with Crippen molar-refractivity contribution in [1.29, 1.82) is 0 Å². The molecule has 402 valence electrons. The highest BCUT2D eigenvalue weighted by atomic mass is 32.1. The number of esters is 1. The first-order valence-corrected chi connectivity index (χ1v) is 25.5. The first-order valence-electron chi connectivity index (χ1n) is 25.1. The first kappa shape index (κ1) is 54.9. The van der Waals surface area contributed by atoms with Crippen molar-refractivity contribution in [2.45, 2.75) is 102 Å². The molecule has 1 unspecified atom stereocenters. The van der Waals surface area contributed by atoms with Crippen LogP contribution in [0.5, 0.6) is 0 Å². The van der Waals surface area contributed by atoms with Crippen LogP contribution in [0.2, 0.25) is 0 Å². The van der Waals surface area contributed by atoms with Crippen LogP contribution < -0.4 is 32.1 Å². The zero-order chi connectivity index (χ0) is 54.4. The van der Waals surface area contributed by atoms with Crippen molar-refractivity contribution in [3.05, 3.63) is 110 Å². The van der Waals surface area contributed by atoms with Crippen molar-refractivity contribution in [3.8, 4) is 11.4 Å². The Hall–Kier alpha value is -7.31. The minimum absolute atomic E-state index is 0.0229. The molecule has 0 radical (unpaired) electrons. The van der Waals surface area contributed by atoms with E-state index in [1.165, 1.54) is 18.2 Å². The summed E-state index contributed by atoms with van der Waals surface area (Å²) in [5.41, 5.74) is 2.76. The third-order valence-electron chi connectivity index (χ3n) is 14.4. The lowest BCUT2D eigenvalue weighted by Crippen LogP contribution is -2.54. The van der Waals surface area contributed by atoms with Crippen molar-refractivity contribution in [2.75, 3.05) is 46.6 Å². The molecule has 6 amide bonds. The second-order valence-corrected chi connectivity index (χ2v) is 19.6. The van der Waals surface area contributed by atoms with Gasteiger partial charge in [-0.05, 0) is 73.8 Å². The van der Waals surface area contributed by atoms with Crippen LogP contribution >= 0.6 is 12.2 Å². The summed E-state index contributed by atoms with van der Waals surface area (Å²) in [6, 6.07) is 10.7. The molecular formula is C53H60FN9O12S. The summed E-state index contributed by atoms with van der Waals surface area (Å²) in [5, 5.41) is 36.3. The molecule has 3 aliphatic heterocycles. The quantitative estimate of drug-likeness (QED) is 0.0159. The summed E-state index contributed by atoms with van der Waals surface area (Å²) in [5.74, 6) is -4.16. The number of thiocarbonyl (C=S) groups is 1. The topological polar surface area (TPSA) is 280 Å². The van der Waals surface area contributed by atoms with E-state index in [1.54, 1.807) is 48.7 Å². The molecule has 7 N–H and O–H groups in total. The van der Waals surface area contributed by atoms with Gasteiger partial charge in [-0.15, -0.1) is 0 Å². The summed E-state index contributed by atoms with van der Waals surface area (Å²) in [6.07, 6.45) is 3.90. The molecule has 76 heavy (non-hydrogen) atoms. The van der Waals surface area contributed by atoms with Gasteiger partial charge in [0.1, 0.15) is 30.4 Å². The fourth-order valence-corrected chi connectivity index (χ4v) is 10.3. The van der Waals surface area contributed by atoms with E-state index < -0.39 is 59.5 Å². The second-order valence-electron chi connectivity index (χ2n) is 19.2. The number of carbonyl (C=O) groups excluding carboxylic acids is 7. The Morgan fingerprint density at radius 3 is 2.39 bits per heavy atom. The van der Waals surface area contributed by atoms with Crippen LogP contribution in [0.15, 0.2) is 59.4 Å². The number of nitrogens with zero attached hydrogens (tertiary/aromatic N) is 4. The maximum absolute atomic E-state index is 15.5. The highest BCUT2D eigenvalue weighted by molar-refractivity contribution is 7.80. The Morgan fingerprint density at radius 2 is 1.66 bits per heavy atom. The Morgan fingerprint density at radius 1 is 0.947 bits per heavy atom. The van der Waals surface area contributed by atoms with Gasteiger partial charge in [-0.3, -0.25) is 43.8 Å². The van der Waals surface area contributed by atoms with Crippen molar-refractivity contribution >= 4 is 69.5 Å². The fraction of sp³-hybridized carbons (Fsp3) is 0.434. The lowest BCUT2D eigenvalue weighted by Gasteiger charge is -2.36. The molecule has 0 saturated carbocycles. The molecule has 21 nitrogen and oxygen atoms in total. The molecule has 0 fully saturated rings. The van der Waals surface area contributed by atoms with E-state index in [0.717, 1.165) is 32.5 Å². The number of hydrogen-bond acceptors (Lipinski definition) is 15. The number of ether oxygens (including phenoxy) is 2. The molecule has 23 heteroatoms. The predicted octanol–water partition coefficient (Wildman–Crippen LogP) is 1.22. The van der Waals surface area contributed by atoms with Gasteiger partial charge in [0.05, 0.1) is 67.3 Å². The number of nitrogens with one attached hydrogen (secondary N) is 5. The molecular weight excluding hydrogens is 1010 g/mol. The SMILES string of the molecule is CC[C@@]1(O)C(=O)OCc2c1cc1n(c2=O)Cc2c-1nc1cc(F)c(C)c3c1c2[C@@H](N(C)C(=S)COCNC(=O)CNC(O)[C@H](Cc1ccccc1)NC(=O)CNC(=O)CNC(=O)CCCCCN1C(=O)C=CC1=O)CC3. The van der Waals surface area contributed by atoms with Gasteiger partial charge in [-0.1, -0.05) is 55.9 Å². The summed E-state index contributed by atoms with van der Waals surface area (Å²) >= 11 is 5.87. The Kier molecular flexibility index (Phi) is 17.1. The van der Waals surface area contributed by atoms with Gasteiger partial charge >= 0.3 is 5.97 Å². The highest BCUT2D eigenvalue weighted by Crippen LogP contribution is 2.47. The minimum Gasteiger partial charge on any atom is -0.458 e. The molecule has 0 bridgehead atoms. The van der Waals surface area contributed by atoms with E-state index in [1.807, 2.05) is 18.0 Å². The lowest BCUT2D eigenvalue weighted by molar-refractivity contribution is -0.172. The van der Waals surface area contributed by atoms with E-state index in [-0.39, 0.29) is 100 Å². The molecule has 0 saturated heterocycles. The van der Waals surface area contributed by atoms with Crippen LogP contribution in [0.4, 0.5) is 4.39 Å². The van der Waals surface area contributed by atoms with E-state index >= 15 is 4.39 Å². The van der Waals surface area contributed by atoms with Crippen LogP contribution in [0.3, 0.4) is 0 Å². The van der Waals surface area contributed by atoms with E-state index in [9.17, 15) is 48.6 Å². The maximum Gasteiger partial charge on any atom is 0.343 e. The van der Waals surface area contributed by atoms with E-state index in [4.69, 9.17) is 26.7 Å². The third-order valence-corrected chi connectivity index (χ3v) is 14.8. The van der Waals surface area contributed by atoms with Crippen LogP contribution in [-0.4, -0.2) is 135 Å². The van der Waals surface area contributed by atoms with Gasteiger partial charge < -0.3 is 50.4 Å². The molecule has 5 heterocycles. The number of hydrogen-bond donors (Lipinski definition) is 7. The summed E-state index contributed by atoms with van der Waals surface area (Å²) in [4.78, 5) is 109. The minimum atomic E-state index is -2.02. The van der Waals surface area contributed by atoms with Gasteiger partial charge in [0.15, 0.2) is 5.60 Å². The molecule has 4 aromatic rings. The van der Waals surface area contributed by atoms with Gasteiger partial charge in [0, 0.05) is 54.7 Å². The van der Waals surface area contributed by atoms with Crippen molar-refractivity contribution in [2.24, 2.45) is 0 Å². The zero-order valence-electron chi connectivity index (χ0n) is 42.3. The number of pyridine rings is 2. The molecule has 0 spiro atoms. The zero-order valence-corrected chi connectivity index (χ0v) is 43.1. The number of unbranched alkanes of at least 4 members (excludes halogenated alkanes) is 2. The number of rotatable bonds is 23. The molecule has 2 aromatic heterocycles. The number of cyclic esters (lactones) is 1. The number of benzene rings is 2. The molecule has 2 aromatic carbocycles. The second kappa shape index (κ2) is 23.7. The number of aryl methyl sites for hydroxylation is 1. The predicted molar refractivity (Wildman–Crippen MR) is 276 cm³/mol. The number of fused-ring (bicyclic) bond motifs is 5. The summed E-state index contributed by atoms with van der Waals surface area (Å²) < 4.78 is 28.1. The van der Waals surface area contributed by atoms with Gasteiger partial charge in [0.25, 0.3) is 17.4 Å². The largest absolute Gasteiger partial charge is 0.458 e. The monoisotopic (exact) mass is 1070 g/mol. The Bertz CT molecular complexity index is 3080. The van der Waals surface area contributed by atoms with Crippen LogP contribution in [-0.2, 0) is 74.6 Å². The van der Waals surface area contributed by atoms with Crippen LogP contribution in [0.1, 0.15) is 90.4 Å². The number of imide groups is 1.